The van der Waals surface area contributed by atoms with Crippen molar-refractivity contribution >= 4 is 5.91 Å². The van der Waals surface area contributed by atoms with Gasteiger partial charge in [-0.15, -0.1) is 0 Å². The van der Waals surface area contributed by atoms with Gasteiger partial charge in [-0.2, -0.15) is 0 Å². The fourth-order valence-electron chi connectivity index (χ4n) is 2.33. The fraction of sp³-hybridized carbons (Fsp3) is 0.933. The Bertz CT molecular complexity index is 292. The average Bonchev–Trinajstić information content (AvgIpc) is 2.82. The Balaban J connectivity index is 2.34. The van der Waals surface area contributed by atoms with E-state index in [1.807, 2.05) is 6.92 Å². The van der Waals surface area contributed by atoms with E-state index in [1.54, 1.807) is 0 Å². The monoisotopic (exact) mass is 270 g/mol. The molecule has 1 saturated heterocycles. The second-order valence-electron chi connectivity index (χ2n) is 6.22. The van der Waals surface area contributed by atoms with E-state index in [1.165, 1.54) is 0 Å². The first-order chi connectivity index (χ1) is 8.89. The first-order valence-corrected chi connectivity index (χ1v) is 7.56. The molecule has 3 unspecified atom stereocenters. The van der Waals surface area contributed by atoms with Crippen molar-refractivity contribution in [2.45, 2.75) is 71.6 Å². The normalized spacial score (nSPS) is 25.3. The van der Waals surface area contributed by atoms with Crippen LogP contribution in [-0.2, 0) is 9.53 Å². The maximum absolute atomic E-state index is 12.1. The smallest absolute Gasteiger partial charge is 0.237 e. The van der Waals surface area contributed by atoms with Gasteiger partial charge in [-0.05, 0) is 46.0 Å². The van der Waals surface area contributed by atoms with E-state index in [0.29, 0.717) is 12.0 Å². The molecule has 0 aromatic heterocycles. The molecule has 4 heteroatoms. The van der Waals surface area contributed by atoms with E-state index < -0.39 is 0 Å². The Morgan fingerprint density at radius 2 is 2.11 bits per heavy atom. The highest BCUT2D eigenvalue weighted by Gasteiger charge is 2.28. The van der Waals surface area contributed by atoms with Crippen molar-refractivity contribution < 1.29 is 9.53 Å². The van der Waals surface area contributed by atoms with Crippen molar-refractivity contribution in [3.63, 3.8) is 0 Å². The Morgan fingerprint density at radius 3 is 2.68 bits per heavy atom. The summed E-state index contributed by atoms with van der Waals surface area (Å²) < 4.78 is 5.66. The minimum atomic E-state index is -0.149. The number of rotatable bonds is 7. The number of hydrogen-bond donors (Lipinski definition) is 2. The summed E-state index contributed by atoms with van der Waals surface area (Å²) in [6.45, 7) is 12.0. The van der Waals surface area contributed by atoms with E-state index in [4.69, 9.17) is 4.74 Å². The molecular weight excluding hydrogens is 240 g/mol. The van der Waals surface area contributed by atoms with Gasteiger partial charge in [0, 0.05) is 18.7 Å². The molecule has 1 aliphatic rings. The number of hydrogen-bond acceptors (Lipinski definition) is 3. The molecule has 0 aromatic carbocycles. The third kappa shape index (κ3) is 5.11. The molecule has 0 aliphatic carbocycles. The lowest BCUT2D eigenvalue weighted by Crippen LogP contribution is -2.51. The summed E-state index contributed by atoms with van der Waals surface area (Å²) in [4.78, 5) is 12.1. The standard InChI is InChI=1S/C15H30N2O2/c1-6-13-12(8-9-19-13)10-16-11(3)14(18)17-15(4,5)7-2/h11-13,16H,6-10H2,1-5H3,(H,17,18). The highest BCUT2D eigenvalue weighted by atomic mass is 16.5. The van der Waals surface area contributed by atoms with Crippen molar-refractivity contribution in [3.05, 3.63) is 0 Å². The summed E-state index contributed by atoms with van der Waals surface area (Å²) in [6.07, 6.45) is 3.44. The van der Waals surface area contributed by atoms with Crippen molar-refractivity contribution in [2.75, 3.05) is 13.2 Å². The number of nitrogens with one attached hydrogen (secondary N) is 2. The number of amides is 1. The molecule has 4 nitrogen and oxygen atoms in total. The minimum absolute atomic E-state index is 0.0822. The van der Waals surface area contributed by atoms with Crippen LogP contribution in [0.3, 0.4) is 0 Å². The summed E-state index contributed by atoms with van der Waals surface area (Å²) in [6, 6.07) is -0.149. The number of ether oxygens (including phenoxy) is 1. The van der Waals surface area contributed by atoms with E-state index in [-0.39, 0.29) is 17.5 Å². The van der Waals surface area contributed by atoms with Gasteiger partial charge < -0.3 is 15.4 Å². The van der Waals surface area contributed by atoms with Gasteiger partial charge in [0.15, 0.2) is 0 Å². The fourth-order valence-corrected chi connectivity index (χ4v) is 2.33. The van der Waals surface area contributed by atoms with Crippen LogP contribution in [0.1, 0.15) is 53.9 Å². The van der Waals surface area contributed by atoms with E-state index >= 15 is 0 Å². The predicted molar refractivity (Wildman–Crippen MR) is 78.1 cm³/mol. The van der Waals surface area contributed by atoms with Crippen LogP contribution in [0, 0.1) is 5.92 Å². The molecule has 0 saturated carbocycles. The quantitative estimate of drug-likeness (QED) is 0.745. The van der Waals surface area contributed by atoms with Gasteiger partial charge in [0.1, 0.15) is 0 Å². The zero-order valence-electron chi connectivity index (χ0n) is 13.1. The van der Waals surface area contributed by atoms with Gasteiger partial charge in [-0.3, -0.25) is 4.79 Å². The Hall–Kier alpha value is -0.610. The van der Waals surface area contributed by atoms with E-state index in [0.717, 1.165) is 32.4 Å². The molecule has 0 bridgehead atoms. The Morgan fingerprint density at radius 1 is 1.42 bits per heavy atom. The highest BCUT2D eigenvalue weighted by Crippen LogP contribution is 2.22. The predicted octanol–water partition coefficient (Wildman–Crippen LogP) is 2.08. The van der Waals surface area contributed by atoms with Gasteiger partial charge in [0.2, 0.25) is 5.91 Å². The molecule has 0 radical (unpaired) electrons. The summed E-state index contributed by atoms with van der Waals surface area (Å²) >= 11 is 0. The zero-order chi connectivity index (χ0) is 14.5. The van der Waals surface area contributed by atoms with Crippen LogP contribution in [0.15, 0.2) is 0 Å². The largest absolute Gasteiger partial charge is 0.378 e. The van der Waals surface area contributed by atoms with Crippen LogP contribution in [0.2, 0.25) is 0 Å². The van der Waals surface area contributed by atoms with E-state index in [2.05, 4.69) is 38.3 Å². The highest BCUT2D eigenvalue weighted by molar-refractivity contribution is 5.81. The number of carbonyl (C=O) groups is 1. The molecule has 1 heterocycles. The van der Waals surface area contributed by atoms with Crippen molar-refractivity contribution in [1.29, 1.82) is 0 Å². The van der Waals surface area contributed by atoms with Gasteiger partial charge in [-0.25, -0.2) is 0 Å². The number of carbonyl (C=O) groups excluding carboxylic acids is 1. The molecule has 1 amide bonds. The molecule has 0 spiro atoms. The third-order valence-corrected chi connectivity index (χ3v) is 4.17. The lowest BCUT2D eigenvalue weighted by molar-refractivity contribution is -0.124. The van der Waals surface area contributed by atoms with Gasteiger partial charge in [-0.1, -0.05) is 13.8 Å². The first kappa shape index (κ1) is 16.4. The van der Waals surface area contributed by atoms with Crippen molar-refractivity contribution in [2.24, 2.45) is 5.92 Å². The van der Waals surface area contributed by atoms with Gasteiger partial charge >= 0.3 is 0 Å². The summed E-state index contributed by atoms with van der Waals surface area (Å²) in [7, 11) is 0. The van der Waals surface area contributed by atoms with Crippen LogP contribution in [0.5, 0.6) is 0 Å². The van der Waals surface area contributed by atoms with Crippen LogP contribution in [0.4, 0.5) is 0 Å². The van der Waals surface area contributed by atoms with Crippen molar-refractivity contribution in [3.8, 4) is 0 Å². The second kappa shape index (κ2) is 7.25. The van der Waals surface area contributed by atoms with Crippen molar-refractivity contribution in [1.82, 2.24) is 10.6 Å². The summed E-state index contributed by atoms with van der Waals surface area (Å²) in [5.41, 5.74) is -0.130. The minimum Gasteiger partial charge on any atom is -0.378 e. The summed E-state index contributed by atoms with van der Waals surface area (Å²) in [5.74, 6) is 0.623. The molecule has 112 valence electrons. The Labute approximate surface area is 117 Å². The molecule has 19 heavy (non-hydrogen) atoms. The molecule has 1 fully saturated rings. The second-order valence-corrected chi connectivity index (χ2v) is 6.22. The Kier molecular flexibility index (Phi) is 6.27. The van der Waals surface area contributed by atoms with Gasteiger partial charge in [0.25, 0.3) is 0 Å². The SMILES string of the molecule is CCC1OCCC1CNC(C)C(=O)NC(C)(C)CC. The molecular formula is C15H30N2O2. The van der Waals surface area contributed by atoms with Crippen LogP contribution in [-0.4, -0.2) is 36.7 Å². The molecule has 1 aliphatic heterocycles. The topological polar surface area (TPSA) is 50.4 Å². The lowest BCUT2D eigenvalue weighted by Gasteiger charge is -2.27. The summed E-state index contributed by atoms with van der Waals surface area (Å²) in [5, 5.41) is 6.42. The lowest BCUT2D eigenvalue weighted by atomic mass is 9.99. The van der Waals surface area contributed by atoms with Gasteiger partial charge in [0.05, 0.1) is 12.1 Å². The van der Waals surface area contributed by atoms with E-state index in [9.17, 15) is 4.79 Å². The maximum atomic E-state index is 12.1. The molecule has 3 atom stereocenters. The zero-order valence-corrected chi connectivity index (χ0v) is 13.1. The van der Waals surface area contributed by atoms with Crippen LogP contribution < -0.4 is 10.6 Å². The third-order valence-electron chi connectivity index (χ3n) is 4.17. The molecule has 1 rings (SSSR count). The average molecular weight is 270 g/mol. The molecule has 2 N–H and O–H groups in total. The molecule has 0 aromatic rings. The first-order valence-electron chi connectivity index (χ1n) is 7.56. The van der Waals surface area contributed by atoms with Crippen LogP contribution in [0.25, 0.3) is 0 Å². The maximum Gasteiger partial charge on any atom is 0.237 e. The van der Waals surface area contributed by atoms with Crippen LogP contribution >= 0.6 is 0 Å².